The third-order valence-corrected chi connectivity index (χ3v) is 3.40. The molecule has 0 radical (unpaired) electrons. The van der Waals surface area contributed by atoms with E-state index in [9.17, 15) is 4.39 Å². The van der Waals surface area contributed by atoms with Gasteiger partial charge in [-0.3, -0.25) is 0 Å². The highest BCUT2D eigenvalue weighted by Gasteiger charge is 2.20. The van der Waals surface area contributed by atoms with Gasteiger partial charge in [0.15, 0.2) is 0 Å². The van der Waals surface area contributed by atoms with Gasteiger partial charge < -0.3 is 10.1 Å². The van der Waals surface area contributed by atoms with Crippen LogP contribution in [0.15, 0.2) is 22.7 Å². The second-order valence-electron chi connectivity index (χ2n) is 4.67. The maximum absolute atomic E-state index is 13.0. The van der Waals surface area contributed by atoms with Crippen molar-refractivity contribution in [2.75, 3.05) is 13.2 Å². The lowest BCUT2D eigenvalue weighted by Gasteiger charge is -2.14. The minimum absolute atomic E-state index is 0.271. The summed E-state index contributed by atoms with van der Waals surface area (Å²) in [5.74, 6) is 0.723. The standard InChI is InChI=1S/C13H17BrFNO/c1-9(7-16-11-3-4-11)8-17-13-6-10(15)2-5-12(13)14/h2,5-6,9,11,16H,3-4,7-8H2,1H3. The molecule has 1 N–H and O–H groups in total. The van der Waals surface area contributed by atoms with Crippen LogP contribution in [0, 0.1) is 11.7 Å². The zero-order chi connectivity index (χ0) is 12.3. The molecule has 0 saturated heterocycles. The molecule has 1 aliphatic carbocycles. The Morgan fingerprint density at radius 3 is 3.00 bits per heavy atom. The van der Waals surface area contributed by atoms with Gasteiger partial charge >= 0.3 is 0 Å². The molecule has 1 unspecified atom stereocenters. The Hall–Kier alpha value is -0.610. The van der Waals surface area contributed by atoms with Crippen molar-refractivity contribution < 1.29 is 9.13 Å². The van der Waals surface area contributed by atoms with Gasteiger partial charge in [0.1, 0.15) is 11.6 Å². The Balaban J connectivity index is 1.77. The molecular weight excluding hydrogens is 285 g/mol. The molecule has 17 heavy (non-hydrogen) atoms. The van der Waals surface area contributed by atoms with Crippen LogP contribution in [0.3, 0.4) is 0 Å². The summed E-state index contributed by atoms with van der Waals surface area (Å²) < 4.78 is 19.4. The van der Waals surface area contributed by atoms with Gasteiger partial charge in [-0.25, -0.2) is 4.39 Å². The fourth-order valence-corrected chi connectivity index (χ4v) is 1.90. The number of rotatable bonds is 6. The van der Waals surface area contributed by atoms with Crippen molar-refractivity contribution in [1.82, 2.24) is 5.32 Å². The summed E-state index contributed by atoms with van der Waals surface area (Å²) in [5.41, 5.74) is 0. The van der Waals surface area contributed by atoms with Crippen molar-refractivity contribution in [3.63, 3.8) is 0 Å². The first-order valence-electron chi connectivity index (χ1n) is 5.96. The third kappa shape index (κ3) is 4.28. The first-order chi connectivity index (χ1) is 8.15. The highest BCUT2D eigenvalue weighted by atomic mass is 79.9. The molecule has 4 heteroatoms. The molecule has 0 spiro atoms. The average molecular weight is 302 g/mol. The SMILES string of the molecule is CC(CNC1CC1)COc1cc(F)ccc1Br. The zero-order valence-electron chi connectivity index (χ0n) is 9.88. The van der Waals surface area contributed by atoms with Gasteiger partial charge in [0, 0.05) is 24.6 Å². The summed E-state index contributed by atoms with van der Waals surface area (Å²) in [6.45, 7) is 3.68. The van der Waals surface area contributed by atoms with Crippen LogP contribution in [-0.4, -0.2) is 19.2 Å². The summed E-state index contributed by atoms with van der Waals surface area (Å²) >= 11 is 3.35. The molecule has 0 bridgehead atoms. The van der Waals surface area contributed by atoms with Crippen molar-refractivity contribution in [3.05, 3.63) is 28.5 Å². The Kier molecular flexibility index (Phi) is 4.40. The van der Waals surface area contributed by atoms with E-state index in [2.05, 4.69) is 28.2 Å². The van der Waals surface area contributed by atoms with Gasteiger partial charge in [-0.15, -0.1) is 0 Å². The number of ether oxygens (including phenoxy) is 1. The predicted molar refractivity (Wildman–Crippen MR) is 69.8 cm³/mol. The van der Waals surface area contributed by atoms with Crippen molar-refractivity contribution in [1.29, 1.82) is 0 Å². The lowest BCUT2D eigenvalue weighted by atomic mass is 10.2. The van der Waals surface area contributed by atoms with E-state index in [0.717, 1.165) is 17.1 Å². The van der Waals surface area contributed by atoms with Crippen LogP contribution in [0.1, 0.15) is 19.8 Å². The molecule has 2 nitrogen and oxygen atoms in total. The number of nitrogens with one attached hydrogen (secondary N) is 1. The van der Waals surface area contributed by atoms with Crippen LogP contribution in [0.4, 0.5) is 4.39 Å². The highest BCUT2D eigenvalue weighted by Crippen LogP contribution is 2.26. The first kappa shape index (κ1) is 12.8. The lowest BCUT2D eigenvalue weighted by Crippen LogP contribution is -2.26. The summed E-state index contributed by atoms with van der Waals surface area (Å²) in [6.07, 6.45) is 2.59. The largest absolute Gasteiger partial charge is 0.492 e. The van der Waals surface area contributed by atoms with Crippen LogP contribution in [0.25, 0.3) is 0 Å². The summed E-state index contributed by atoms with van der Waals surface area (Å²) in [7, 11) is 0. The molecular formula is C13H17BrFNO. The van der Waals surface area contributed by atoms with E-state index in [0.29, 0.717) is 18.3 Å². The molecule has 94 valence electrons. The van der Waals surface area contributed by atoms with Crippen LogP contribution in [0.5, 0.6) is 5.75 Å². The molecule has 1 aromatic carbocycles. The second-order valence-corrected chi connectivity index (χ2v) is 5.53. The van der Waals surface area contributed by atoms with Gasteiger partial charge in [0.05, 0.1) is 11.1 Å². The quantitative estimate of drug-likeness (QED) is 0.870. The number of halogens is 2. The monoisotopic (exact) mass is 301 g/mol. The normalized spacial score (nSPS) is 16.9. The van der Waals surface area contributed by atoms with Gasteiger partial charge in [-0.2, -0.15) is 0 Å². The predicted octanol–water partition coefficient (Wildman–Crippen LogP) is 3.36. The number of benzene rings is 1. The van der Waals surface area contributed by atoms with Crippen molar-refractivity contribution in [2.24, 2.45) is 5.92 Å². The smallest absolute Gasteiger partial charge is 0.136 e. The molecule has 1 saturated carbocycles. The zero-order valence-corrected chi connectivity index (χ0v) is 11.5. The van der Waals surface area contributed by atoms with Crippen LogP contribution in [-0.2, 0) is 0 Å². The van der Waals surface area contributed by atoms with Gasteiger partial charge in [0.25, 0.3) is 0 Å². The maximum atomic E-state index is 13.0. The fourth-order valence-electron chi connectivity index (χ4n) is 1.53. The average Bonchev–Trinajstić information content (AvgIpc) is 3.11. The summed E-state index contributed by atoms with van der Waals surface area (Å²) in [4.78, 5) is 0. The van der Waals surface area contributed by atoms with E-state index in [-0.39, 0.29) is 5.82 Å². The van der Waals surface area contributed by atoms with E-state index in [1.54, 1.807) is 6.07 Å². The Morgan fingerprint density at radius 1 is 1.53 bits per heavy atom. The van der Waals surface area contributed by atoms with Gasteiger partial charge in [-0.05, 0) is 40.9 Å². The molecule has 0 amide bonds. The first-order valence-corrected chi connectivity index (χ1v) is 6.75. The Morgan fingerprint density at radius 2 is 2.29 bits per heavy atom. The minimum atomic E-state index is -0.271. The second kappa shape index (κ2) is 5.83. The topological polar surface area (TPSA) is 21.3 Å². The summed E-state index contributed by atoms with van der Waals surface area (Å²) in [6, 6.07) is 5.20. The van der Waals surface area contributed by atoms with Crippen LogP contribution >= 0.6 is 15.9 Å². The van der Waals surface area contributed by atoms with E-state index >= 15 is 0 Å². The number of hydrogen-bond acceptors (Lipinski definition) is 2. The minimum Gasteiger partial charge on any atom is -0.492 e. The Labute approximate surface area is 110 Å². The molecule has 1 fully saturated rings. The molecule has 1 aromatic rings. The highest BCUT2D eigenvalue weighted by molar-refractivity contribution is 9.10. The fraction of sp³-hybridized carbons (Fsp3) is 0.538. The molecule has 0 aliphatic heterocycles. The maximum Gasteiger partial charge on any atom is 0.136 e. The molecule has 1 aliphatic rings. The molecule has 0 heterocycles. The molecule has 2 rings (SSSR count). The van der Waals surface area contributed by atoms with E-state index < -0.39 is 0 Å². The number of hydrogen-bond donors (Lipinski definition) is 1. The Bertz CT molecular complexity index is 382. The van der Waals surface area contributed by atoms with E-state index in [1.807, 2.05) is 0 Å². The molecule has 1 atom stereocenters. The van der Waals surface area contributed by atoms with E-state index in [1.165, 1.54) is 25.0 Å². The van der Waals surface area contributed by atoms with Gasteiger partial charge in [0.2, 0.25) is 0 Å². The van der Waals surface area contributed by atoms with E-state index in [4.69, 9.17) is 4.74 Å². The van der Waals surface area contributed by atoms with Crippen molar-refractivity contribution in [2.45, 2.75) is 25.8 Å². The van der Waals surface area contributed by atoms with Crippen LogP contribution in [0.2, 0.25) is 0 Å². The van der Waals surface area contributed by atoms with Crippen LogP contribution < -0.4 is 10.1 Å². The summed E-state index contributed by atoms with van der Waals surface area (Å²) in [5, 5.41) is 3.45. The molecule has 0 aromatic heterocycles. The third-order valence-electron chi connectivity index (χ3n) is 2.75. The van der Waals surface area contributed by atoms with Crippen molar-refractivity contribution in [3.8, 4) is 5.75 Å². The van der Waals surface area contributed by atoms with Gasteiger partial charge in [-0.1, -0.05) is 6.92 Å². The lowest BCUT2D eigenvalue weighted by molar-refractivity contribution is 0.253. The van der Waals surface area contributed by atoms with Crippen molar-refractivity contribution >= 4 is 15.9 Å².